The van der Waals surface area contributed by atoms with E-state index >= 15 is 0 Å². The van der Waals surface area contributed by atoms with Gasteiger partial charge >= 0.3 is 6.09 Å². The number of amides is 4. The van der Waals surface area contributed by atoms with Crippen LogP contribution in [0.4, 0.5) is 4.79 Å². The Morgan fingerprint density at radius 3 is 1.81 bits per heavy atom. The molecule has 0 aromatic heterocycles. The zero-order valence-electron chi connectivity index (χ0n) is 21.4. The lowest BCUT2D eigenvalue weighted by atomic mass is 10.0. The molecule has 2 heterocycles. The van der Waals surface area contributed by atoms with Crippen LogP contribution in [0.15, 0.2) is 60.7 Å². The summed E-state index contributed by atoms with van der Waals surface area (Å²) in [7, 11) is 0. The van der Waals surface area contributed by atoms with Crippen molar-refractivity contribution in [1.29, 1.82) is 0 Å². The second-order valence-corrected chi connectivity index (χ2v) is 10.6. The average Bonchev–Trinajstić information content (AvgIpc) is 3.27. The summed E-state index contributed by atoms with van der Waals surface area (Å²) in [5.41, 5.74) is 0.998. The molecule has 9 heteroatoms. The van der Waals surface area contributed by atoms with Crippen LogP contribution in [-0.2, 0) is 32.0 Å². The van der Waals surface area contributed by atoms with Crippen molar-refractivity contribution in [2.24, 2.45) is 0 Å². The Morgan fingerprint density at radius 1 is 0.811 bits per heavy atom. The first-order chi connectivity index (χ1) is 17.6. The highest BCUT2D eigenvalue weighted by atomic mass is 16.6. The van der Waals surface area contributed by atoms with Crippen molar-refractivity contribution in [3.8, 4) is 0 Å². The SMILES string of the molecule is CC(C)(C)OC(=O)N1C[C@@H]2C[C@H]1C(=O)N[C@H](Cc1ccccc1)C(=O)N[C@H](Cc1ccccc1)C(=O)N2. The van der Waals surface area contributed by atoms with Crippen LogP contribution < -0.4 is 16.0 Å². The van der Waals surface area contributed by atoms with Crippen LogP contribution in [-0.4, -0.2) is 65.0 Å². The van der Waals surface area contributed by atoms with Crippen LogP contribution in [0.2, 0.25) is 0 Å². The van der Waals surface area contributed by atoms with Gasteiger partial charge in [-0.2, -0.15) is 0 Å². The zero-order valence-corrected chi connectivity index (χ0v) is 21.4. The van der Waals surface area contributed by atoms with E-state index in [1.807, 2.05) is 60.7 Å². The van der Waals surface area contributed by atoms with E-state index in [1.54, 1.807) is 20.8 Å². The number of fused-ring (bicyclic) bond motifs is 2. The van der Waals surface area contributed by atoms with Crippen LogP contribution in [0, 0.1) is 0 Å². The lowest BCUT2D eigenvalue weighted by Crippen LogP contribution is -2.58. The Morgan fingerprint density at radius 2 is 1.30 bits per heavy atom. The first-order valence-electron chi connectivity index (χ1n) is 12.6. The number of carbonyl (C=O) groups excluding carboxylic acids is 4. The Balaban J connectivity index is 1.64. The number of rotatable bonds is 4. The number of ether oxygens (including phenoxy) is 1. The average molecular weight is 507 g/mol. The summed E-state index contributed by atoms with van der Waals surface area (Å²) in [4.78, 5) is 54.5. The molecule has 0 radical (unpaired) electrons. The van der Waals surface area contributed by atoms with Gasteiger partial charge in [0.1, 0.15) is 23.7 Å². The lowest BCUT2D eigenvalue weighted by Gasteiger charge is -2.30. The molecule has 2 aliphatic heterocycles. The highest BCUT2D eigenvalue weighted by Gasteiger charge is 2.44. The predicted molar refractivity (Wildman–Crippen MR) is 137 cm³/mol. The smallest absolute Gasteiger partial charge is 0.411 e. The van der Waals surface area contributed by atoms with Gasteiger partial charge in [0.2, 0.25) is 17.7 Å². The first-order valence-corrected chi connectivity index (χ1v) is 12.6. The molecule has 4 amide bonds. The number of benzene rings is 2. The molecule has 3 N–H and O–H groups in total. The third-order valence-corrected chi connectivity index (χ3v) is 6.41. The number of nitrogens with zero attached hydrogens (tertiary/aromatic N) is 1. The van der Waals surface area contributed by atoms with Crippen molar-refractivity contribution >= 4 is 23.8 Å². The minimum absolute atomic E-state index is 0.133. The second-order valence-electron chi connectivity index (χ2n) is 10.6. The number of hydrogen-bond acceptors (Lipinski definition) is 5. The molecular formula is C28H34N4O5. The quantitative estimate of drug-likeness (QED) is 0.586. The predicted octanol–water partition coefficient (Wildman–Crippen LogP) is 1.95. The standard InChI is InChI=1S/C28H34N4O5/c1-28(2,3)37-27(36)32-17-20-16-23(32)26(35)31-22(15-19-12-8-5-9-13-19)25(34)30-21(24(33)29-20)14-18-10-6-4-7-11-18/h4-13,20-23H,14-17H2,1-3H3,(H,29,33)(H,30,34)(H,31,35)/t20-,21+,22+,23-/m0/s1. The molecule has 2 aliphatic rings. The molecule has 37 heavy (non-hydrogen) atoms. The fourth-order valence-corrected chi connectivity index (χ4v) is 4.67. The van der Waals surface area contributed by atoms with E-state index in [0.29, 0.717) is 0 Å². The van der Waals surface area contributed by atoms with Gasteiger partial charge in [0.05, 0.1) is 0 Å². The van der Waals surface area contributed by atoms with Crippen molar-refractivity contribution in [3.05, 3.63) is 71.8 Å². The van der Waals surface area contributed by atoms with Crippen molar-refractivity contribution in [1.82, 2.24) is 20.9 Å². The van der Waals surface area contributed by atoms with Crippen LogP contribution in [0.5, 0.6) is 0 Å². The number of hydrogen-bond donors (Lipinski definition) is 3. The Kier molecular flexibility index (Phi) is 7.80. The maximum absolute atomic E-state index is 13.4. The molecule has 2 aromatic carbocycles. The monoisotopic (exact) mass is 506 g/mol. The normalized spacial score (nSPS) is 24.4. The highest BCUT2D eigenvalue weighted by Crippen LogP contribution is 2.23. The van der Waals surface area contributed by atoms with E-state index in [9.17, 15) is 19.2 Å². The minimum atomic E-state index is -0.932. The molecule has 0 saturated carbocycles. The van der Waals surface area contributed by atoms with E-state index in [0.717, 1.165) is 11.1 Å². The molecule has 2 bridgehead atoms. The molecule has 4 atom stereocenters. The molecule has 0 aliphatic carbocycles. The maximum Gasteiger partial charge on any atom is 0.411 e. The summed E-state index contributed by atoms with van der Waals surface area (Å²) in [6, 6.07) is 15.6. The molecule has 4 rings (SSSR count). The van der Waals surface area contributed by atoms with Gasteiger partial charge in [0.25, 0.3) is 0 Å². The van der Waals surface area contributed by atoms with Crippen LogP contribution in [0.25, 0.3) is 0 Å². The second kappa shape index (κ2) is 11.0. The number of nitrogens with one attached hydrogen (secondary N) is 3. The van der Waals surface area contributed by atoms with Crippen molar-refractivity contribution in [2.75, 3.05) is 6.54 Å². The van der Waals surface area contributed by atoms with Gasteiger partial charge in [0, 0.05) is 25.4 Å². The van der Waals surface area contributed by atoms with E-state index < -0.39 is 47.7 Å². The summed E-state index contributed by atoms with van der Waals surface area (Å²) < 4.78 is 5.53. The first kappa shape index (κ1) is 26.2. The van der Waals surface area contributed by atoms with Gasteiger partial charge in [-0.25, -0.2) is 4.79 Å². The molecule has 0 spiro atoms. The minimum Gasteiger partial charge on any atom is -0.444 e. The van der Waals surface area contributed by atoms with Gasteiger partial charge in [0.15, 0.2) is 0 Å². The topological polar surface area (TPSA) is 117 Å². The Bertz CT molecular complexity index is 1130. The Hall–Kier alpha value is -3.88. The fourth-order valence-electron chi connectivity index (χ4n) is 4.67. The van der Waals surface area contributed by atoms with E-state index in [2.05, 4.69) is 16.0 Å². The van der Waals surface area contributed by atoms with E-state index in [-0.39, 0.29) is 31.7 Å². The van der Waals surface area contributed by atoms with Gasteiger partial charge in [-0.05, 0) is 38.3 Å². The highest BCUT2D eigenvalue weighted by molar-refractivity contribution is 5.95. The molecule has 2 aromatic rings. The van der Waals surface area contributed by atoms with Gasteiger partial charge in [-0.15, -0.1) is 0 Å². The summed E-state index contributed by atoms with van der Waals surface area (Å²) in [5.74, 6) is -1.28. The van der Waals surface area contributed by atoms with Crippen molar-refractivity contribution in [3.63, 3.8) is 0 Å². The summed E-state index contributed by atoms with van der Waals surface area (Å²) in [6.07, 6.45) is 0.115. The summed E-state index contributed by atoms with van der Waals surface area (Å²) >= 11 is 0. The number of likely N-dealkylation sites (tertiary alicyclic amines) is 1. The molecular weight excluding hydrogens is 472 g/mol. The summed E-state index contributed by atoms with van der Waals surface area (Å²) in [6.45, 7) is 5.39. The molecule has 2 fully saturated rings. The lowest BCUT2D eigenvalue weighted by molar-refractivity contribution is -0.133. The number of carbonyl (C=O) groups is 4. The molecule has 9 nitrogen and oxygen atoms in total. The van der Waals surface area contributed by atoms with Gasteiger partial charge in [-0.3, -0.25) is 19.3 Å². The molecule has 2 saturated heterocycles. The molecule has 0 unspecified atom stereocenters. The van der Waals surface area contributed by atoms with Gasteiger partial charge in [-0.1, -0.05) is 60.7 Å². The summed E-state index contributed by atoms with van der Waals surface area (Å²) in [5, 5.41) is 8.65. The van der Waals surface area contributed by atoms with Crippen LogP contribution in [0.3, 0.4) is 0 Å². The van der Waals surface area contributed by atoms with Crippen LogP contribution >= 0.6 is 0 Å². The van der Waals surface area contributed by atoms with Crippen molar-refractivity contribution < 1.29 is 23.9 Å². The van der Waals surface area contributed by atoms with Crippen LogP contribution in [0.1, 0.15) is 38.3 Å². The van der Waals surface area contributed by atoms with Crippen molar-refractivity contribution in [2.45, 2.75) is 69.8 Å². The van der Waals surface area contributed by atoms with E-state index in [4.69, 9.17) is 4.74 Å². The van der Waals surface area contributed by atoms with E-state index in [1.165, 1.54) is 4.90 Å². The molecule has 196 valence electrons. The third kappa shape index (κ3) is 6.87. The largest absolute Gasteiger partial charge is 0.444 e. The third-order valence-electron chi connectivity index (χ3n) is 6.41. The Labute approximate surface area is 216 Å². The maximum atomic E-state index is 13.4. The fraction of sp³-hybridized carbons (Fsp3) is 0.429. The van der Waals surface area contributed by atoms with Gasteiger partial charge < -0.3 is 20.7 Å². The zero-order chi connectivity index (χ0) is 26.6.